The van der Waals surface area contributed by atoms with Crippen molar-refractivity contribution in [1.29, 1.82) is 0 Å². The largest absolute Gasteiger partial charge is 0.480 e. The summed E-state index contributed by atoms with van der Waals surface area (Å²) in [4.78, 5) is 10.9. The zero-order chi connectivity index (χ0) is 15.0. The third kappa shape index (κ3) is 3.68. The molecule has 0 aliphatic carbocycles. The van der Waals surface area contributed by atoms with Gasteiger partial charge in [0, 0.05) is 5.54 Å². The van der Waals surface area contributed by atoms with Gasteiger partial charge < -0.3 is 5.11 Å². The van der Waals surface area contributed by atoms with E-state index in [2.05, 4.69) is 0 Å². The van der Waals surface area contributed by atoms with Crippen molar-refractivity contribution in [3.8, 4) is 0 Å². The molecule has 1 N–H and O–H groups in total. The Balaban J connectivity index is 3.31. The lowest BCUT2D eigenvalue weighted by Crippen LogP contribution is -2.47. The molecular formula is C11H16ClNO4S2. The fourth-order valence-electron chi connectivity index (χ4n) is 1.47. The minimum atomic E-state index is -3.87. The van der Waals surface area contributed by atoms with Gasteiger partial charge in [-0.3, -0.25) is 4.79 Å². The predicted molar refractivity (Wildman–Crippen MR) is 75.3 cm³/mol. The van der Waals surface area contributed by atoms with Crippen molar-refractivity contribution in [2.75, 3.05) is 6.54 Å². The molecule has 5 nitrogen and oxygen atoms in total. The molecule has 0 aromatic carbocycles. The summed E-state index contributed by atoms with van der Waals surface area (Å²) >= 11 is 6.82. The Kier molecular flexibility index (Phi) is 4.66. The average Bonchev–Trinajstić information content (AvgIpc) is 2.54. The van der Waals surface area contributed by atoms with E-state index in [1.807, 2.05) is 0 Å². The molecule has 1 aromatic rings. The van der Waals surface area contributed by atoms with Crippen LogP contribution in [0.2, 0.25) is 4.34 Å². The normalized spacial score (nSPS) is 12.9. The fraction of sp³-hybridized carbons (Fsp3) is 0.545. The maximum atomic E-state index is 12.5. The first kappa shape index (κ1) is 16.4. The molecular weight excluding hydrogens is 310 g/mol. The molecule has 0 aliphatic rings. The summed E-state index contributed by atoms with van der Waals surface area (Å²) in [5, 5.41) is 8.89. The number of aryl methyl sites for hydroxylation is 1. The van der Waals surface area contributed by atoms with E-state index in [0.717, 1.165) is 15.6 Å². The van der Waals surface area contributed by atoms with Crippen LogP contribution in [0.1, 0.15) is 26.3 Å². The van der Waals surface area contributed by atoms with Crippen molar-refractivity contribution >= 4 is 38.9 Å². The summed E-state index contributed by atoms with van der Waals surface area (Å²) in [6.45, 7) is 6.07. The number of aliphatic carboxylic acids is 1. The van der Waals surface area contributed by atoms with Gasteiger partial charge in [-0.15, -0.1) is 11.3 Å². The van der Waals surface area contributed by atoms with Crippen LogP contribution >= 0.6 is 22.9 Å². The second kappa shape index (κ2) is 5.40. The molecule has 1 heterocycles. The molecule has 0 radical (unpaired) electrons. The van der Waals surface area contributed by atoms with Gasteiger partial charge in [-0.05, 0) is 39.3 Å². The number of thiophene rings is 1. The maximum absolute atomic E-state index is 12.5. The molecule has 0 unspecified atom stereocenters. The van der Waals surface area contributed by atoms with Crippen molar-refractivity contribution in [1.82, 2.24) is 4.31 Å². The number of sulfonamides is 1. The minimum Gasteiger partial charge on any atom is -0.480 e. The summed E-state index contributed by atoms with van der Waals surface area (Å²) in [7, 11) is -3.87. The monoisotopic (exact) mass is 325 g/mol. The first-order valence-electron chi connectivity index (χ1n) is 5.47. The molecule has 1 rings (SSSR count). The molecule has 1 aromatic heterocycles. The van der Waals surface area contributed by atoms with Crippen LogP contribution in [0.15, 0.2) is 10.3 Å². The van der Waals surface area contributed by atoms with Crippen LogP contribution in [0.25, 0.3) is 0 Å². The lowest BCUT2D eigenvalue weighted by molar-refractivity contribution is -0.138. The van der Waals surface area contributed by atoms with Crippen molar-refractivity contribution in [2.24, 2.45) is 0 Å². The van der Waals surface area contributed by atoms with Gasteiger partial charge in [-0.1, -0.05) is 11.6 Å². The van der Waals surface area contributed by atoms with Crippen LogP contribution in [0.3, 0.4) is 0 Å². The summed E-state index contributed by atoms with van der Waals surface area (Å²) in [6.07, 6.45) is 0. The van der Waals surface area contributed by atoms with Gasteiger partial charge in [0.2, 0.25) is 0 Å². The molecule has 0 amide bonds. The molecule has 0 fully saturated rings. The molecule has 0 saturated heterocycles. The Hall–Kier alpha value is -0.630. The van der Waals surface area contributed by atoms with E-state index >= 15 is 0 Å². The number of carboxylic acid groups (broad SMARTS) is 1. The Morgan fingerprint density at radius 2 is 2.00 bits per heavy atom. The number of carboxylic acids is 1. The maximum Gasteiger partial charge on any atom is 0.318 e. The van der Waals surface area contributed by atoms with E-state index in [1.165, 1.54) is 6.07 Å². The van der Waals surface area contributed by atoms with Gasteiger partial charge in [-0.25, -0.2) is 8.42 Å². The molecule has 19 heavy (non-hydrogen) atoms. The number of rotatable bonds is 4. The highest BCUT2D eigenvalue weighted by molar-refractivity contribution is 7.91. The Morgan fingerprint density at radius 1 is 1.47 bits per heavy atom. The highest BCUT2D eigenvalue weighted by Gasteiger charge is 2.36. The van der Waals surface area contributed by atoms with E-state index in [0.29, 0.717) is 9.90 Å². The van der Waals surface area contributed by atoms with Crippen LogP contribution in [0.5, 0.6) is 0 Å². The van der Waals surface area contributed by atoms with Gasteiger partial charge in [0.25, 0.3) is 10.0 Å². The van der Waals surface area contributed by atoms with Crippen molar-refractivity contribution in [3.63, 3.8) is 0 Å². The molecule has 0 aliphatic heterocycles. The first-order chi connectivity index (χ1) is 8.46. The van der Waals surface area contributed by atoms with Crippen molar-refractivity contribution in [2.45, 2.75) is 37.4 Å². The number of carbonyl (C=O) groups is 1. The predicted octanol–water partition coefficient (Wildman–Crippen LogP) is 2.58. The molecule has 0 atom stereocenters. The van der Waals surface area contributed by atoms with Crippen LogP contribution in [0.4, 0.5) is 0 Å². The number of hydrogen-bond donors (Lipinski definition) is 1. The molecule has 0 spiro atoms. The standard InChI is InChI=1S/C11H16ClNO4S2/c1-7-5-9(18-10(7)12)19(16,17)13(6-8(14)15)11(2,3)4/h5H,6H2,1-4H3,(H,14,15). The number of halogens is 1. The van der Waals surface area contributed by atoms with E-state index in [9.17, 15) is 13.2 Å². The van der Waals surface area contributed by atoms with Gasteiger partial charge in [0.15, 0.2) is 0 Å². The molecule has 0 bridgehead atoms. The van der Waals surface area contributed by atoms with E-state index in [-0.39, 0.29) is 4.21 Å². The zero-order valence-electron chi connectivity index (χ0n) is 11.1. The summed E-state index contributed by atoms with van der Waals surface area (Å²) in [6, 6.07) is 1.46. The van der Waals surface area contributed by atoms with Crippen molar-refractivity contribution < 1.29 is 18.3 Å². The van der Waals surface area contributed by atoms with Crippen LogP contribution in [-0.4, -0.2) is 35.9 Å². The highest BCUT2D eigenvalue weighted by Crippen LogP contribution is 2.34. The second-order valence-corrected chi connectivity index (χ2v) is 8.84. The van der Waals surface area contributed by atoms with Gasteiger partial charge in [-0.2, -0.15) is 4.31 Å². The third-order valence-corrected chi connectivity index (χ3v) is 6.52. The summed E-state index contributed by atoms with van der Waals surface area (Å²) in [5.74, 6) is -1.20. The zero-order valence-corrected chi connectivity index (χ0v) is 13.5. The Bertz CT molecular complexity index is 567. The summed E-state index contributed by atoms with van der Waals surface area (Å²) in [5.41, 5.74) is -0.170. The SMILES string of the molecule is Cc1cc(S(=O)(=O)N(CC(=O)O)C(C)(C)C)sc1Cl. The Labute approximate surface area is 121 Å². The lowest BCUT2D eigenvalue weighted by atomic mass is 10.1. The quantitative estimate of drug-likeness (QED) is 0.923. The van der Waals surface area contributed by atoms with E-state index < -0.39 is 28.1 Å². The van der Waals surface area contributed by atoms with E-state index in [4.69, 9.17) is 16.7 Å². The summed E-state index contributed by atoms with van der Waals surface area (Å²) < 4.78 is 26.4. The highest BCUT2D eigenvalue weighted by atomic mass is 35.5. The van der Waals surface area contributed by atoms with E-state index in [1.54, 1.807) is 27.7 Å². The van der Waals surface area contributed by atoms with Gasteiger partial charge >= 0.3 is 5.97 Å². The average molecular weight is 326 g/mol. The van der Waals surface area contributed by atoms with Crippen LogP contribution < -0.4 is 0 Å². The molecule has 108 valence electrons. The topological polar surface area (TPSA) is 74.7 Å². The minimum absolute atomic E-state index is 0.0613. The smallest absolute Gasteiger partial charge is 0.318 e. The van der Waals surface area contributed by atoms with Crippen molar-refractivity contribution in [3.05, 3.63) is 16.0 Å². The lowest BCUT2D eigenvalue weighted by Gasteiger charge is -2.32. The first-order valence-corrected chi connectivity index (χ1v) is 8.10. The molecule has 0 saturated carbocycles. The third-order valence-electron chi connectivity index (χ3n) is 2.41. The van der Waals surface area contributed by atoms with Crippen LogP contribution in [-0.2, 0) is 14.8 Å². The fourth-order valence-corrected chi connectivity index (χ4v) is 5.03. The second-order valence-electron chi connectivity index (χ2n) is 5.10. The molecule has 8 heteroatoms. The van der Waals surface area contributed by atoms with Gasteiger partial charge in [0.1, 0.15) is 10.8 Å². The van der Waals surface area contributed by atoms with Crippen LogP contribution in [0, 0.1) is 6.92 Å². The number of hydrogen-bond acceptors (Lipinski definition) is 4. The van der Waals surface area contributed by atoms with Gasteiger partial charge in [0.05, 0.1) is 4.34 Å². The Morgan fingerprint density at radius 3 is 2.32 bits per heavy atom. The number of nitrogens with zero attached hydrogens (tertiary/aromatic N) is 1.